The highest BCUT2D eigenvalue weighted by Gasteiger charge is 2.24. The number of aliphatic carboxylic acids is 2. The minimum atomic E-state index is -1.50. The number of carboxylic acid groups (broad SMARTS) is 2. The monoisotopic (exact) mass is 391 g/mol. The largest absolute Gasteiger partial charge is 0.491 e. The first-order chi connectivity index (χ1) is 12.2. The first-order valence-corrected chi connectivity index (χ1v) is 8.76. The highest BCUT2D eigenvalue weighted by molar-refractivity contribution is 7.99. The summed E-state index contributed by atoms with van der Waals surface area (Å²) in [6, 6.07) is 5.28. The standard InChI is InChI=1S/C16H22FNO7S/c17-6-12(19)13(20)7-25-10-3-1-9(2-4-10)8-26-14(16(23)24)5-11(18)15(21)22/h1-4,11-14,19-20H,5-8,18H2,(H,21,22)(H,23,24). The predicted octanol–water partition coefficient (Wildman–Crippen LogP) is 0.245. The van der Waals surface area contributed by atoms with Gasteiger partial charge in [0.2, 0.25) is 0 Å². The lowest BCUT2D eigenvalue weighted by Gasteiger charge is -2.16. The molecule has 0 saturated carbocycles. The van der Waals surface area contributed by atoms with Gasteiger partial charge in [-0.05, 0) is 24.1 Å². The lowest BCUT2D eigenvalue weighted by atomic mass is 10.2. The van der Waals surface area contributed by atoms with E-state index in [2.05, 4.69) is 0 Å². The molecule has 0 heterocycles. The van der Waals surface area contributed by atoms with Crippen molar-refractivity contribution in [2.24, 2.45) is 5.73 Å². The van der Waals surface area contributed by atoms with E-state index in [9.17, 15) is 19.1 Å². The number of carbonyl (C=O) groups is 2. The van der Waals surface area contributed by atoms with Crippen LogP contribution in [0, 0.1) is 0 Å². The van der Waals surface area contributed by atoms with Crippen molar-refractivity contribution in [3.05, 3.63) is 29.8 Å². The van der Waals surface area contributed by atoms with Gasteiger partial charge in [0.05, 0.1) is 0 Å². The second-order valence-corrected chi connectivity index (χ2v) is 6.75. The molecule has 1 rings (SSSR count). The maximum atomic E-state index is 12.2. The molecule has 8 nitrogen and oxygen atoms in total. The van der Waals surface area contributed by atoms with Crippen LogP contribution in [0.25, 0.3) is 0 Å². The molecular weight excluding hydrogens is 369 g/mol. The van der Waals surface area contributed by atoms with Crippen molar-refractivity contribution < 1.29 is 39.1 Å². The van der Waals surface area contributed by atoms with E-state index in [4.69, 9.17) is 25.8 Å². The predicted molar refractivity (Wildman–Crippen MR) is 92.9 cm³/mol. The minimum Gasteiger partial charge on any atom is -0.491 e. The molecule has 0 bridgehead atoms. The maximum Gasteiger partial charge on any atom is 0.320 e. The van der Waals surface area contributed by atoms with Crippen LogP contribution in [0.3, 0.4) is 0 Å². The molecule has 0 aromatic heterocycles. The Balaban J connectivity index is 2.52. The van der Waals surface area contributed by atoms with E-state index in [1.54, 1.807) is 24.3 Å². The molecule has 146 valence electrons. The van der Waals surface area contributed by atoms with Crippen molar-refractivity contribution in [1.29, 1.82) is 0 Å². The SMILES string of the molecule is NC(CC(SCc1ccc(OCC(O)C(O)CF)cc1)C(=O)O)C(=O)O. The summed E-state index contributed by atoms with van der Waals surface area (Å²) < 4.78 is 17.4. The van der Waals surface area contributed by atoms with E-state index >= 15 is 0 Å². The molecule has 6 N–H and O–H groups in total. The van der Waals surface area contributed by atoms with Crippen molar-refractivity contribution in [3.8, 4) is 5.75 Å². The zero-order chi connectivity index (χ0) is 19.7. The molecule has 0 aliphatic carbocycles. The summed E-state index contributed by atoms with van der Waals surface area (Å²) in [5.74, 6) is -1.66. The third-order valence-electron chi connectivity index (χ3n) is 3.46. The smallest absolute Gasteiger partial charge is 0.320 e. The Kier molecular flexibility index (Phi) is 9.35. The number of aliphatic hydroxyl groups is 2. The van der Waals surface area contributed by atoms with Gasteiger partial charge in [-0.25, -0.2) is 4.39 Å². The quantitative estimate of drug-likeness (QED) is 0.338. The van der Waals surface area contributed by atoms with Crippen LogP contribution in [0.1, 0.15) is 12.0 Å². The van der Waals surface area contributed by atoms with Crippen LogP contribution in [0.4, 0.5) is 4.39 Å². The first-order valence-electron chi connectivity index (χ1n) is 7.71. The fourth-order valence-corrected chi connectivity index (χ4v) is 2.92. The van der Waals surface area contributed by atoms with Gasteiger partial charge < -0.3 is 30.9 Å². The topological polar surface area (TPSA) is 150 Å². The number of hydrogen-bond acceptors (Lipinski definition) is 7. The van der Waals surface area contributed by atoms with Crippen LogP contribution < -0.4 is 10.5 Å². The Morgan fingerprint density at radius 3 is 2.23 bits per heavy atom. The average Bonchev–Trinajstić information content (AvgIpc) is 2.62. The summed E-state index contributed by atoms with van der Waals surface area (Å²) in [6.07, 6.45) is -3.04. The van der Waals surface area contributed by atoms with E-state index in [0.717, 1.165) is 17.3 Å². The van der Waals surface area contributed by atoms with Crippen molar-refractivity contribution in [3.63, 3.8) is 0 Å². The van der Waals surface area contributed by atoms with Gasteiger partial charge in [-0.15, -0.1) is 11.8 Å². The van der Waals surface area contributed by atoms with E-state index < -0.39 is 42.1 Å². The van der Waals surface area contributed by atoms with E-state index in [-0.39, 0.29) is 13.0 Å². The molecule has 1 aromatic rings. The van der Waals surface area contributed by atoms with Crippen molar-refractivity contribution in [1.82, 2.24) is 0 Å². The number of thioether (sulfide) groups is 1. The fourth-order valence-electron chi connectivity index (χ4n) is 1.85. The number of ether oxygens (including phenoxy) is 1. The molecule has 0 radical (unpaired) electrons. The van der Waals surface area contributed by atoms with Gasteiger partial charge in [-0.1, -0.05) is 12.1 Å². The van der Waals surface area contributed by atoms with Crippen molar-refractivity contribution in [2.75, 3.05) is 13.3 Å². The first kappa shape index (κ1) is 22.2. The molecule has 0 aliphatic rings. The lowest BCUT2D eigenvalue weighted by Crippen LogP contribution is -2.35. The van der Waals surface area contributed by atoms with Crippen LogP contribution in [-0.2, 0) is 15.3 Å². The van der Waals surface area contributed by atoms with Gasteiger partial charge in [0.1, 0.15) is 42.5 Å². The molecule has 1 aromatic carbocycles. The van der Waals surface area contributed by atoms with Gasteiger partial charge in [0.25, 0.3) is 0 Å². The Labute approximate surface area is 153 Å². The number of rotatable bonds is 12. The van der Waals surface area contributed by atoms with Gasteiger partial charge in [-0.3, -0.25) is 9.59 Å². The summed E-state index contributed by atoms with van der Waals surface area (Å²) in [5.41, 5.74) is 6.16. The van der Waals surface area contributed by atoms with E-state index in [1.807, 2.05) is 0 Å². The summed E-state index contributed by atoms with van der Waals surface area (Å²) in [5, 5.41) is 35.5. The number of carboxylic acids is 2. The second kappa shape index (κ2) is 11.0. The molecule has 0 fully saturated rings. The molecule has 0 amide bonds. The van der Waals surface area contributed by atoms with Crippen LogP contribution in [0.2, 0.25) is 0 Å². The Morgan fingerprint density at radius 2 is 1.73 bits per heavy atom. The highest BCUT2D eigenvalue weighted by atomic mass is 32.2. The molecule has 0 aliphatic heterocycles. The van der Waals surface area contributed by atoms with E-state index in [0.29, 0.717) is 11.5 Å². The summed E-state index contributed by atoms with van der Waals surface area (Å²) in [4.78, 5) is 21.9. The van der Waals surface area contributed by atoms with Crippen LogP contribution >= 0.6 is 11.8 Å². The Hall–Kier alpha value is -1.88. The zero-order valence-electron chi connectivity index (χ0n) is 13.8. The Morgan fingerprint density at radius 1 is 1.12 bits per heavy atom. The third kappa shape index (κ3) is 7.56. The van der Waals surface area contributed by atoms with Gasteiger partial charge in [0, 0.05) is 5.75 Å². The van der Waals surface area contributed by atoms with Crippen molar-refractivity contribution in [2.45, 2.75) is 35.7 Å². The number of alkyl halides is 1. The molecule has 0 saturated heterocycles. The second-order valence-electron chi connectivity index (χ2n) is 5.56. The number of hydrogen-bond donors (Lipinski definition) is 5. The molecule has 26 heavy (non-hydrogen) atoms. The lowest BCUT2D eigenvalue weighted by molar-refractivity contribution is -0.139. The van der Waals surface area contributed by atoms with Crippen molar-refractivity contribution >= 4 is 23.7 Å². The summed E-state index contributed by atoms with van der Waals surface area (Å²) in [6.45, 7) is -1.34. The highest BCUT2D eigenvalue weighted by Crippen LogP contribution is 2.23. The van der Waals surface area contributed by atoms with Crippen LogP contribution in [0.5, 0.6) is 5.75 Å². The zero-order valence-corrected chi connectivity index (χ0v) is 14.6. The fraction of sp³-hybridized carbons (Fsp3) is 0.500. The number of halogens is 1. The third-order valence-corrected chi connectivity index (χ3v) is 4.75. The summed E-state index contributed by atoms with van der Waals surface area (Å²) >= 11 is 1.06. The molecule has 0 spiro atoms. The normalized spacial score (nSPS) is 15.7. The van der Waals surface area contributed by atoms with Gasteiger partial charge in [-0.2, -0.15) is 0 Å². The number of nitrogens with two attached hydrogens (primary N) is 1. The molecule has 4 unspecified atom stereocenters. The van der Waals surface area contributed by atoms with Crippen LogP contribution in [0.15, 0.2) is 24.3 Å². The average molecular weight is 391 g/mol. The van der Waals surface area contributed by atoms with Gasteiger partial charge >= 0.3 is 11.9 Å². The minimum absolute atomic E-state index is 0.189. The maximum absolute atomic E-state index is 12.2. The molecule has 10 heteroatoms. The van der Waals surface area contributed by atoms with Crippen LogP contribution in [-0.4, -0.2) is 69.1 Å². The Bertz CT molecular complexity index is 586. The summed E-state index contributed by atoms with van der Waals surface area (Å²) in [7, 11) is 0. The number of aliphatic hydroxyl groups excluding tert-OH is 2. The molecule has 4 atom stereocenters. The van der Waals surface area contributed by atoms with Gasteiger partial charge in [0.15, 0.2) is 0 Å². The number of benzene rings is 1. The van der Waals surface area contributed by atoms with E-state index in [1.165, 1.54) is 0 Å². The molecular formula is C16H22FNO7S.